The van der Waals surface area contributed by atoms with Crippen LogP contribution in [-0.2, 0) is 14.3 Å². The summed E-state index contributed by atoms with van der Waals surface area (Å²) in [5, 5.41) is 13.4. The largest absolute Gasteiger partial charge is 0.463 e. The lowest BCUT2D eigenvalue weighted by molar-refractivity contribution is -0.383. The van der Waals surface area contributed by atoms with Gasteiger partial charge in [0.1, 0.15) is 18.3 Å². The van der Waals surface area contributed by atoms with Crippen molar-refractivity contribution in [2.75, 3.05) is 25.0 Å². The van der Waals surface area contributed by atoms with E-state index < -0.39 is 22.8 Å². The molecule has 1 aliphatic heterocycles. The zero-order chi connectivity index (χ0) is 16.1. The van der Waals surface area contributed by atoms with Crippen LogP contribution in [0.1, 0.15) is 13.3 Å². The van der Waals surface area contributed by atoms with Gasteiger partial charge in [-0.2, -0.15) is 0 Å². The molecule has 8 heteroatoms. The van der Waals surface area contributed by atoms with Gasteiger partial charge in [-0.1, -0.05) is 19.1 Å². The fraction of sp³-hybridized carbons (Fsp3) is 0.429. The number of carbonyl (C=O) groups excluding carboxylic acids is 2. The SMILES string of the molecule is CCN1CCOC(=O)[C@@H]1CC(=O)Nc1ccccc1[N+](=O)[O-]. The third kappa shape index (κ3) is 3.59. The number of nitrogens with one attached hydrogen (secondary N) is 1. The Bertz CT molecular complexity index is 590. The van der Waals surface area contributed by atoms with Gasteiger partial charge in [0.15, 0.2) is 0 Å². The Kier molecular flexibility index (Phi) is 5.05. The van der Waals surface area contributed by atoms with Crippen molar-refractivity contribution in [2.24, 2.45) is 0 Å². The van der Waals surface area contributed by atoms with E-state index in [9.17, 15) is 19.7 Å². The minimum absolute atomic E-state index is 0.0985. The summed E-state index contributed by atoms with van der Waals surface area (Å²) >= 11 is 0. The number of hydrogen-bond acceptors (Lipinski definition) is 6. The van der Waals surface area contributed by atoms with Crippen molar-refractivity contribution in [3.63, 3.8) is 0 Å². The highest BCUT2D eigenvalue weighted by atomic mass is 16.6. The lowest BCUT2D eigenvalue weighted by atomic mass is 10.1. The number of nitro benzene ring substituents is 1. The number of amides is 1. The van der Waals surface area contributed by atoms with Crippen molar-refractivity contribution in [3.8, 4) is 0 Å². The molecule has 1 aliphatic rings. The van der Waals surface area contributed by atoms with Gasteiger partial charge >= 0.3 is 5.97 Å². The summed E-state index contributed by atoms with van der Waals surface area (Å²) in [4.78, 5) is 36.1. The van der Waals surface area contributed by atoms with Gasteiger partial charge in [-0.3, -0.25) is 24.6 Å². The zero-order valence-electron chi connectivity index (χ0n) is 12.2. The van der Waals surface area contributed by atoms with Crippen LogP contribution < -0.4 is 5.32 Å². The molecule has 0 spiro atoms. The molecule has 1 fully saturated rings. The van der Waals surface area contributed by atoms with Crippen LogP contribution in [0.2, 0.25) is 0 Å². The van der Waals surface area contributed by atoms with Crippen LogP contribution in [-0.4, -0.2) is 47.4 Å². The maximum absolute atomic E-state index is 12.1. The maximum atomic E-state index is 12.1. The van der Waals surface area contributed by atoms with Crippen LogP contribution in [0.25, 0.3) is 0 Å². The highest BCUT2D eigenvalue weighted by Gasteiger charge is 2.32. The number of likely N-dealkylation sites (N-methyl/N-ethyl adjacent to an activating group) is 1. The molecule has 0 saturated carbocycles. The number of esters is 1. The Morgan fingerprint density at radius 1 is 1.50 bits per heavy atom. The second kappa shape index (κ2) is 6.99. The first-order valence-corrected chi connectivity index (χ1v) is 6.97. The lowest BCUT2D eigenvalue weighted by Gasteiger charge is -2.32. The molecule has 8 nitrogen and oxygen atoms in total. The van der Waals surface area contributed by atoms with Gasteiger partial charge in [0.2, 0.25) is 5.91 Å². The molecule has 0 aliphatic carbocycles. The Balaban J connectivity index is 2.06. The first-order valence-electron chi connectivity index (χ1n) is 6.97. The van der Waals surface area contributed by atoms with Crippen molar-refractivity contribution in [1.82, 2.24) is 4.90 Å². The molecule has 2 rings (SSSR count). The molecule has 0 bridgehead atoms. The van der Waals surface area contributed by atoms with Gasteiger partial charge in [0, 0.05) is 12.6 Å². The number of nitro groups is 1. The summed E-state index contributed by atoms with van der Waals surface area (Å²) in [6.07, 6.45) is -0.0985. The van der Waals surface area contributed by atoms with Crippen molar-refractivity contribution >= 4 is 23.3 Å². The molecule has 1 aromatic rings. The smallest absolute Gasteiger partial charge is 0.323 e. The number of cyclic esters (lactones) is 1. The number of rotatable bonds is 5. The van der Waals surface area contributed by atoms with Crippen LogP contribution >= 0.6 is 0 Å². The Morgan fingerprint density at radius 2 is 2.23 bits per heavy atom. The molecule has 1 atom stereocenters. The van der Waals surface area contributed by atoms with E-state index in [1.54, 1.807) is 6.07 Å². The standard InChI is InChI=1S/C14H17N3O5/c1-2-16-7-8-22-14(19)12(16)9-13(18)15-10-5-3-4-6-11(10)17(20)21/h3-6,12H,2,7-9H2,1H3,(H,15,18)/t12-/m0/s1. The molecule has 1 saturated heterocycles. The molecule has 1 N–H and O–H groups in total. The van der Waals surface area contributed by atoms with E-state index in [1.807, 2.05) is 11.8 Å². The van der Waals surface area contributed by atoms with Crippen LogP contribution in [0.15, 0.2) is 24.3 Å². The number of carbonyl (C=O) groups is 2. The van der Waals surface area contributed by atoms with Crippen molar-refractivity contribution in [1.29, 1.82) is 0 Å². The van der Waals surface area contributed by atoms with Crippen molar-refractivity contribution < 1.29 is 19.2 Å². The second-order valence-electron chi connectivity index (χ2n) is 4.84. The van der Waals surface area contributed by atoms with E-state index in [-0.39, 0.29) is 17.8 Å². The molecule has 22 heavy (non-hydrogen) atoms. The van der Waals surface area contributed by atoms with E-state index in [2.05, 4.69) is 5.32 Å². The third-order valence-corrected chi connectivity index (χ3v) is 3.50. The van der Waals surface area contributed by atoms with E-state index in [1.165, 1.54) is 18.2 Å². The number of hydrogen-bond donors (Lipinski definition) is 1. The number of morpholine rings is 1. The zero-order valence-corrected chi connectivity index (χ0v) is 12.2. The fourth-order valence-electron chi connectivity index (χ4n) is 2.37. The van der Waals surface area contributed by atoms with Gasteiger partial charge in [-0.05, 0) is 12.6 Å². The van der Waals surface area contributed by atoms with E-state index in [0.717, 1.165) is 0 Å². The van der Waals surface area contributed by atoms with Gasteiger partial charge in [0.25, 0.3) is 5.69 Å². The normalized spacial score (nSPS) is 18.6. The van der Waals surface area contributed by atoms with E-state index in [0.29, 0.717) is 19.7 Å². The van der Waals surface area contributed by atoms with Crippen LogP contribution in [0.3, 0.4) is 0 Å². The predicted octanol–water partition coefficient (Wildman–Crippen LogP) is 1.17. The summed E-state index contributed by atoms with van der Waals surface area (Å²) in [6.45, 7) is 3.41. The first kappa shape index (κ1) is 15.9. The summed E-state index contributed by atoms with van der Waals surface area (Å²) in [7, 11) is 0. The number of nitrogens with zero attached hydrogens (tertiary/aromatic N) is 2. The quantitative estimate of drug-likeness (QED) is 0.498. The summed E-state index contributed by atoms with van der Waals surface area (Å²) in [5.41, 5.74) is -0.0702. The highest BCUT2D eigenvalue weighted by molar-refractivity contribution is 5.96. The monoisotopic (exact) mass is 307 g/mol. The molecular weight excluding hydrogens is 290 g/mol. The van der Waals surface area contributed by atoms with Gasteiger partial charge in [0.05, 0.1) is 11.3 Å². The van der Waals surface area contributed by atoms with Gasteiger partial charge in [-0.15, -0.1) is 0 Å². The molecule has 0 radical (unpaired) electrons. The average molecular weight is 307 g/mol. The summed E-state index contributed by atoms with van der Waals surface area (Å²) < 4.78 is 4.97. The van der Waals surface area contributed by atoms with Crippen LogP contribution in [0.5, 0.6) is 0 Å². The summed E-state index contributed by atoms with van der Waals surface area (Å²) in [6, 6.07) is 5.22. The van der Waals surface area contributed by atoms with Crippen molar-refractivity contribution in [3.05, 3.63) is 34.4 Å². The average Bonchev–Trinajstić information content (AvgIpc) is 2.49. The third-order valence-electron chi connectivity index (χ3n) is 3.50. The van der Waals surface area contributed by atoms with Crippen LogP contribution in [0, 0.1) is 10.1 Å². The molecular formula is C14H17N3O5. The maximum Gasteiger partial charge on any atom is 0.323 e. The van der Waals surface area contributed by atoms with E-state index in [4.69, 9.17) is 4.74 Å². The van der Waals surface area contributed by atoms with Crippen molar-refractivity contribution in [2.45, 2.75) is 19.4 Å². The highest BCUT2D eigenvalue weighted by Crippen LogP contribution is 2.23. The van der Waals surface area contributed by atoms with Gasteiger partial charge in [-0.25, -0.2) is 0 Å². The molecule has 0 aromatic heterocycles. The lowest BCUT2D eigenvalue weighted by Crippen LogP contribution is -2.50. The number of benzene rings is 1. The Morgan fingerprint density at radius 3 is 2.91 bits per heavy atom. The first-order chi connectivity index (χ1) is 10.5. The minimum Gasteiger partial charge on any atom is -0.463 e. The fourth-order valence-corrected chi connectivity index (χ4v) is 2.37. The molecule has 118 valence electrons. The molecule has 1 amide bonds. The summed E-state index contributed by atoms with van der Waals surface area (Å²) in [5.74, 6) is -0.901. The van der Waals surface area contributed by atoms with E-state index >= 15 is 0 Å². The number of anilines is 1. The molecule has 0 unspecified atom stereocenters. The molecule has 1 heterocycles. The number of para-hydroxylation sites is 2. The van der Waals surface area contributed by atoms with Crippen LogP contribution in [0.4, 0.5) is 11.4 Å². The Hall–Kier alpha value is -2.48. The molecule has 1 aromatic carbocycles. The number of ether oxygens (including phenoxy) is 1. The van der Waals surface area contributed by atoms with Gasteiger partial charge < -0.3 is 10.1 Å². The topological polar surface area (TPSA) is 102 Å². The Labute approximate surface area is 127 Å². The minimum atomic E-state index is -0.651. The second-order valence-corrected chi connectivity index (χ2v) is 4.84. The predicted molar refractivity (Wildman–Crippen MR) is 78.3 cm³/mol.